The molecule has 2 nitrogen and oxygen atoms in total. The van der Waals surface area contributed by atoms with Gasteiger partial charge in [-0.25, -0.2) is 9.97 Å². The van der Waals surface area contributed by atoms with E-state index in [-0.39, 0.29) is 0 Å². The summed E-state index contributed by atoms with van der Waals surface area (Å²) < 4.78 is 0. The first-order chi connectivity index (χ1) is 9.56. The molecule has 0 aliphatic heterocycles. The minimum Gasteiger partial charge on any atom is -0.220 e. The number of aromatic nitrogens is 2. The third kappa shape index (κ3) is 3.13. The van der Waals surface area contributed by atoms with E-state index in [2.05, 4.69) is 23.8 Å². The number of halogens is 2. The zero-order valence-corrected chi connectivity index (χ0v) is 13.5. The minimum absolute atomic E-state index is 0.302. The lowest BCUT2D eigenvalue weighted by atomic mass is 10.0. The Labute approximate surface area is 130 Å². The highest BCUT2D eigenvalue weighted by Crippen LogP contribution is 2.34. The van der Waals surface area contributed by atoms with Gasteiger partial charge in [-0.15, -0.1) is 0 Å². The van der Waals surface area contributed by atoms with Crippen LogP contribution in [0.2, 0.25) is 10.3 Å². The molecule has 0 radical (unpaired) electrons. The van der Waals surface area contributed by atoms with Crippen molar-refractivity contribution in [3.63, 3.8) is 0 Å². The molecule has 106 valence electrons. The maximum atomic E-state index is 6.34. The highest BCUT2D eigenvalue weighted by Gasteiger charge is 2.17. The Hall–Kier alpha value is -1.12. The van der Waals surface area contributed by atoms with Gasteiger partial charge < -0.3 is 0 Å². The molecule has 1 heterocycles. The van der Waals surface area contributed by atoms with Crippen LogP contribution in [0.5, 0.6) is 0 Å². The van der Waals surface area contributed by atoms with Crippen molar-refractivity contribution in [3.05, 3.63) is 46.0 Å². The number of hydrogen-bond donors (Lipinski definition) is 0. The molecule has 0 spiro atoms. The van der Waals surface area contributed by atoms with Gasteiger partial charge in [0, 0.05) is 5.92 Å². The van der Waals surface area contributed by atoms with Crippen molar-refractivity contribution >= 4 is 23.2 Å². The van der Waals surface area contributed by atoms with E-state index in [4.69, 9.17) is 23.2 Å². The lowest BCUT2D eigenvalue weighted by molar-refractivity contribution is 0.602. The van der Waals surface area contributed by atoms with E-state index in [0.29, 0.717) is 21.8 Å². The minimum atomic E-state index is 0.302. The maximum absolute atomic E-state index is 6.34. The SMILES string of the molecule is CCC(CC)c1nc(Cl)c(-c2cccc(C)c2)c(Cl)n1. The van der Waals surface area contributed by atoms with Crippen LogP contribution < -0.4 is 0 Å². The molecular formula is C16H18Cl2N2. The summed E-state index contributed by atoms with van der Waals surface area (Å²) in [6, 6.07) is 8.02. The smallest absolute Gasteiger partial charge is 0.142 e. The molecule has 2 rings (SSSR count). The zero-order chi connectivity index (χ0) is 14.7. The van der Waals surface area contributed by atoms with Crippen LogP contribution >= 0.6 is 23.2 Å². The molecule has 0 N–H and O–H groups in total. The number of benzene rings is 1. The van der Waals surface area contributed by atoms with Gasteiger partial charge in [-0.1, -0.05) is 66.9 Å². The van der Waals surface area contributed by atoms with Gasteiger partial charge in [0.05, 0.1) is 5.56 Å². The van der Waals surface area contributed by atoms with E-state index in [0.717, 1.165) is 29.8 Å². The average molecular weight is 309 g/mol. The van der Waals surface area contributed by atoms with E-state index in [1.165, 1.54) is 0 Å². The Bertz CT molecular complexity index is 584. The van der Waals surface area contributed by atoms with Gasteiger partial charge in [-0.05, 0) is 25.3 Å². The number of rotatable bonds is 4. The van der Waals surface area contributed by atoms with Crippen LogP contribution in [0.3, 0.4) is 0 Å². The number of nitrogens with zero attached hydrogens (tertiary/aromatic N) is 2. The monoisotopic (exact) mass is 308 g/mol. The first-order valence-electron chi connectivity index (χ1n) is 6.86. The molecule has 0 amide bonds. The Morgan fingerprint density at radius 2 is 1.65 bits per heavy atom. The second-order valence-corrected chi connectivity index (χ2v) is 5.64. The van der Waals surface area contributed by atoms with E-state index < -0.39 is 0 Å². The van der Waals surface area contributed by atoms with Crippen LogP contribution in [-0.2, 0) is 0 Å². The van der Waals surface area contributed by atoms with Gasteiger partial charge in [0.25, 0.3) is 0 Å². The van der Waals surface area contributed by atoms with E-state index in [9.17, 15) is 0 Å². The van der Waals surface area contributed by atoms with Crippen molar-refractivity contribution in [1.29, 1.82) is 0 Å². The summed E-state index contributed by atoms with van der Waals surface area (Å²) in [5.41, 5.74) is 2.82. The van der Waals surface area contributed by atoms with E-state index >= 15 is 0 Å². The third-order valence-electron chi connectivity index (χ3n) is 3.50. The Kier molecular flexibility index (Phi) is 5.00. The van der Waals surface area contributed by atoms with Gasteiger partial charge in [0.2, 0.25) is 0 Å². The van der Waals surface area contributed by atoms with E-state index in [1.807, 2.05) is 31.2 Å². The van der Waals surface area contributed by atoms with Gasteiger partial charge >= 0.3 is 0 Å². The molecule has 0 fully saturated rings. The second kappa shape index (κ2) is 6.55. The van der Waals surface area contributed by atoms with Crippen LogP contribution in [0.15, 0.2) is 24.3 Å². The van der Waals surface area contributed by atoms with Crippen LogP contribution in [0.4, 0.5) is 0 Å². The molecule has 0 aliphatic rings. The average Bonchev–Trinajstić information content (AvgIpc) is 2.39. The largest absolute Gasteiger partial charge is 0.220 e. The molecule has 20 heavy (non-hydrogen) atoms. The zero-order valence-electron chi connectivity index (χ0n) is 12.0. The predicted octanol–water partition coefficient (Wildman–Crippen LogP) is 5.66. The second-order valence-electron chi connectivity index (χ2n) is 4.92. The summed E-state index contributed by atoms with van der Waals surface area (Å²) in [4.78, 5) is 8.90. The van der Waals surface area contributed by atoms with Crippen molar-refractivity contribution in [2.75, 3.05) is 0 Å². The van der Waals surface area contributed by atoms with Gasteiger partial charge in [0.15, 0.2) is 0 Å². The van der Waals surface area contributed by atoms with Crippen molar-refractivity contribution < 1.29 is 0 Å². The van der Waals surface area contributed by atoms with Crippen LogP contribution in [0.1, 0.15) is 44.0 Å². The number of aryl methyl sites for hydroxylation is 1. The summed E-state index contributed by atoms with van der Waals surface area (Å²) in [7, 11) is 0. The van der Waals surface area contributed by atoms with E-state index in [1.54, 1.807) is 0 Å². The Morgan fingerprint density at radius 1 is 1.05 bits per heavy atom. The highest BCUT2D eigenvalue weighted by molar-refractivity contribution is 6.37. The molecule has 2 aromatic rings. The summed E-state index contributed by atoms with van der Waals surface area (Å²) in [6.07, 6.45) is 1.96. The highest BCUT2D eigenvalue weighted by atomic mass is 35.5. The lowest BCUT2D eigenvalue weighted by Gasteiger charge is -2.14. The molecule has 0 atom stereocenters. The number of hydrogen-bond acceptors (Lipinski definition) is 2. The first-order valence-corrected chi connectivity index (χ1v) is 7.62. The fourth-order valence-corrected chi connectivity index (χ4v) is 2.92. The fraction of sp³-hybridized carbons (Fsp3) is 0.375. The topological polar surface area (TPSA) is 25.8 Å². The summed E-state index contributed by atoms with van der Waals surface area (Å²) in [6.45, 7) is 6.27. The van der Waals surface area contributed by atoms with Gasteiger partial charge in [-0.3, -0.25) is 0 Å². The first kappa shape index (κ1) is 15.3. The molecule has 0 bridgehead atoms. The quantitative estimate of drug-likeness (QED) is 0.681. The van der Waals surface area contributed by atoms with Crippen molar-refractivity contribution in [2.45, 2.75) is 39.5 Å². The van der Waals surface area contributed by atoms with Crippen molar-refractivity contribution in [2.24, 2.45) is 0 Å². The lowest BCUT2D eigenvalue weighted by Crippen LogP contribution is -2.04. The Balaban J connectivity index is 2.51. The van der Waals surface area contributed by atoms with Gasteiger partial charge in [0.1, 0.15) is 16.1 Å². The van der Waals surface area contributed by atoms with Crippen molar-refractivity contribution in [1.82, 2.24) is 9.97 Å². The van der Waals surface area contributed by atoms with Crippen LogP contribution in [0.25, 0.3) is 11.1 Å². The van der Waals surface area contributed by atoms with Crippen LogP contribution in [-0.4, -0.2) is 9.97 Å². The Morgan fingerprint density at radius 3 is 2.15 bits per heavy atom. The summed E-state index contributed by atoms with van der Waals surface area (Å²) >= 11 is 12.7. The maximum Gasteiger partial charge on any atom is 0.142 e. The summed E-state index contributed by atoms with van der Waals surface area (Å²) in [5.74, 6) is 1.04. The molecule has 1 aromatic carbocycles. The molecule has 4 heteroatoms. The van der Waals surface area contributed by atoms with Gasteiger partial charge in [-0.2, -0.15) is 0 Å². The normalized spacial score (nSPS) is 11.1. The molecule has 1 aromatic heterocycles. The molecule has 0 saturated heterocycles. The standard InChI is InChI=1S/C16H18Cl2N2/c1-4-11(5-2)16-19-14(17)13(15(18)20-16)12-8-6-7-10(3)9-12/h6-9,11H,4-5H2,1-3H3. The predicted molar refractivity (Wildman–Crippen MR) is 85.5 cm³/mol. The van der Waals surface area contributed by atoms with Crippen molar-refractivity contribution in [3.8, 4) is 11.1 Å². The fourth-order valence-electron chi connectivity index (χ4n) is 2.30. The molecular weight excluding hydrogens is 291 g/mol. The molecule has 0 aliphatic carbocycles. The molecule has 0 saturated carbocycles. The van der Waals surface area contributed by atoms with Crippen LogP contribution in [0, 0.1) is 6.92 Å². The molecule has 0 unspecified atom stereocenters. The summed E-state index contributed by atoms with van der Waals surface area (Å²) in [5, 5.41) is 0.856. The third-order valence-corrected chi connectivity index (χ3v) is 4.04.